The fourth-order valence-corrected chi connectivity index (χ4v) is 3.12. The van der Waals surface area contributed by atoms with Crippen molar-refractivity contribution in [1.82, 2.24) is 14.9 Å². The van der Waals surface area contributed by atoms with Crippen molar-refractivity contribution in [2.24, 2.45) is 0 Å². The van der Waals surface area contributed by atoms with Crippen LogP contribution >= 0.6 is 12.6 Å². The molecule has 0 radical (unpaired) electrons. The Morgan fingerprint density at radius 3 is 2.58 bits per heavy atom. The van der Waals surface area contributed by atoms with Gasteiger partial charge in [-0.15, -0.1) is 4.73 Å². The SMILES string of the molecule is CN1C(=O)NC(CS)C1CCCCCC(=O)On1c(O)ccc1O. The second-order valence-electron chi connectivity index (χ2n) is 5.82. The van der Waals surface area contributed by atoms with E-state index in [9.17, 15) is 19.8 Å². The van der Waals surface area contributed by atoms with Gasteiger partial charge in [0.2, 0.25) is 11.8 Å². The van der Waals surface area contributed by atoms with E-state index in [4.69, 9.17) is 4.84 Å². The highest BCUT2D eigenvalue weighted by Crippen LogP contribution is 2.20. The summed E-state index contributed by atoms with van der Waals surface area (Å²) in [4.78, 5) is 29.9. The van der Waals surface area contributed by atoms with Gasteiger partial charge in [-0.1, -0.05) is 12.8 Å². The van der Waals surface area contributed by atoms with Gasteiger partial charge in [0.25, 0.3) is 0 Å². The molecule has 0 aliphatic carbocycles. The Balaban J connectivity index is 1.66. The quantitative estimate of drug-likeness (QED) is 0.412. The first-order valence-electron chi connectivity index (χ1n) is 7.89. The van der Waals surface area contributed by atoms with Crippen molar-refractivity contribution in [2.45, 2.75) is 44.2 Å². The van der Waals surface area contributed by atoms with E-state index >= 15 is 0 Å². The summed E-state index contributed by atoms with van der Waals surface area (Å²) in [5.41, 5.74) is 0. The summed E-state index contributed by atoms with van der Waals surface area (Å²) in [6.45, 7) is 0. The lowest BCUT2D eigenvalue weighted by Gasteiger charge is -2.22. The van der Waals surface area contributed by atoms with Crippen LogP contribution in [0.3, 0.4) is 0 Å². The molecule has 1 aliphatic rings. The topological polar surface area (TPSA) is 104 Å². The molecule has 2 amide bonds. The van der Waals surface area contributed by atoms with E-state index in [1.165, 1.54) is 12.1 Å². The fraction of sp³-hybridized carbons (Fsp3) is 0.600. The van der Waals surface area contributed by atoms with E-state index in [0.717, 1.165) is 19.3 Å². The number of aromatic nitrogens is 1. The smallest absolute Gasteiger partial charge is 0.333 e. The normalized spacial score (nSPS) is 20.2. The number of carbonyl (C=O) groups excluding carboxylic acids is 2. The van der Waals surface area contributed by atoms with Crippen LogP contribution < -0.4 is 10.2 Å². The van der Waals surface area contributed by atoms with Gasteiger partial charge in [-0.2, -0.15) is 12.6 Å². The molecule has 0 bridgehead atoms. The molecule has 1 aliphatic heterocycles. The lowest BCUT2D eigenvalue weighted by atomic mass is 10.0. The third-order valence-electron chi connectivity index (χ3n) is 4.16. The fourth-order valence-electron chi connectivity index (χ4n) is 2.78. The van der Waals surface area contributed by atoms with Crippen molar-refractivity contribution in [3.63, 3.8) is 0 Å². The second-order valence-corrected chi connectivity index (χ2v) is 6.19. The van der Waals surface area contributed by atoms with Crippen LogP contribution in [-0.2, 0) is 4.79 Å². The molecule has 0 saturated carbocycles. The molecular weight excluding hydrogens is 334 g/mol. The van der Waals surface area contributed by atoms with Gasteiger partial charge in [-0.3, -0.25) is 0 Å². The summed E-state index contributed by atoms with van der Waals surface area (Å²) >= 11 is 4.26. The molecule has 0 aromatic carbocycles. The number of hydrogen-bond acceptors (Lipinski definition) is 6. The monoisotopic (exact) mass is 357 g/mol. The first-order valence-corrected chi connectivity index (χ1v) is 8.52. The van der Waals surface area contributed by atoms with Crippen LogP contribution in [0.15, 0.2) is 12.1 Å². The van der Waals surface area contributed by atoms with Crippen molar-refractivity contribution in [2.75, 3.05) is 12.8 Å². The molecule has 2 heterocycles. The molecule has 24 heavy (non-hydrogen) atoms. The number of carbonyl (C=O) groups is 2. The Morgan fingerprint density at radius 1 is 1.29 bits per heavy atom. The zero-order valence-corrected chi connectivity index (χ0v) is 14.4. The third kappa shape index (κ3) is 4.28. The number of nitrogens with zero attached hydrogens (tertiary/aromatic N) is 2. The average molecular weight is 357 g/mol. The number of likely N-dealkylation sites (N-methyl/N-ethyl adjacent to an activating group) is 1. The molecule has 1 aromatic heterocycles. The van der Waals surface area contributed by atoms with Gasteiger partial charge < -0.3 is 25.3 Å². The van der Waals surface area contributed by atoms with E-state index < -0.39 is 5.97 Å². The van der Waals surface area contributed by atoms with Crippen molar-refractivity contribution in [3.8, 4) is 11.8 Å². The zero-order chi connectivity index (χ0) is 17.7. The van der Waals surface area contributed by atoms with Gasteiger partial charge in [-0.05, 0) is 12.8 Å². The molecule has 1 aromatic rings. The minimum atomic E-state index is -0.528. The number of thiol groups is 1. The van der Waals surface area contributed by atoms with E-state index in [1.54, 1.807) is 11.9 Å². The van der Waals surface area contributed by atoms with Crippen molar-refractivity contribution < 1.29 is 24.6 Å². The molecule has 134 valence electrons. The van der Waals surface area contributed by atoms with Crippen LogP contribution in [0.4, 0.5) is 4.79 Å². The van der Waals surface area contributed by atoms with Crippen LogP contribution in [0.5, 0.6) is 11.8 Å². The largest absolute Gasteiger partial charge is 0.492 e. The number of hydrogen-bond donors (Lipinski definition) is 4. The maximum Gasteiger partial charge on any atom is 0.333 e. The maximum atomic E-state index is 11.7. The Labute approximate surface area is 145 Å². The number of amides is 2. The van der Waals surface area contributed by atoms with Gasteiger partial charge in [0.15, 0.2) is 0 Å². The van der Waals surface area contributed by atoms with Gasteiger partial charge in [0, 0.05) is 31.4 Å². The molecule has 1 saturated heterocycles. The first kappa shape index (κ1) is 18.3. The minimum absolute atomic E-state index is 0.0514. The Bertz CT molecular complexity index is 572. The molecule has 1 fully saturated rings. The maximum absolute atomic E-state index is 11.7. The summed E-state index contributed by atoms with van der Waals surface area (Å²) in [5, 5.41) is 21.7. The minimum Gasteiger partial charge on any atom is -0.492 e. The first-order chi connectivity index (χ1) is 11.4. The molecule has 2 rings (SSSR count). The van der Waals surface area contributed by atoms with Crippen LogP contribution in [0.2, 0.25) is 0 Å². The summed E-state index contributed by atoms with van der Waals surface area (Å²) in [6.07, 6.45) is 3.35. The zero-order valence-electron chi connectivity index (χ0n) is 13.5. The molecule has 2 atom stereocenters. The number of nitrogens with one attached hydrogen (secondary N) is 1. The molecule has 0 spiro atoms. The Kier molecular flexibility index (Phi) is 6.24. The van der Waals surface area contributed by atoms with Crippen molar-refractivity contribution >= 4 is 24.6 Å². The predicted molar refractivity (Wildman–Crippen MR) is 90.2 cm³/mol. The number of rotatable bonds is 8. The lowest BCUT2D eigenvalue weighted by molar-refractivity contribution is -0.145. The Morgan fingerprint density at radius 2 is 1.96 bits per heavy atom. The summed E-state index contributed by atoms with van der Waals surface area (Å²) < 4.78 is 0.685. The highest BCUT2D eigenvalue weighted by Gasteiger charge is 2.35. The molecule has 8 nitrogen and oxygen atoms in total. The lowest BCUT2D eigenvalue weighted by Crippen LogP contribution is -2.35. The van der Waals surface area contributed by atoms with Crippen LogP contribution in [0, 0.1) is 0 Å². The van der Waals surface area contributed by atoms with Gasteiger partial charge in [-0.25, -0.2) is 9.59 Å². The highest BCUT2D eigenvalue weighted by atomic mass is 32.1. The van der Waals surface area contributed by atoms with Crippen LogP contribution in [-0.4, -0.2) is 56.7 Å². The Hall–Kier alpha value is -2.03. The van der Waals surface area contributed by atoms with Crippen LogP contribution in [0.1, 0.15) is 32.1 Å². The highest BCUT2D eigenvalue weighted by molar-refractivity contribution is 7.80. The van der Waals surface area contributed by atoms with Gasteiger partial charge >= 0.3 is 12.0 Å². The second kappa shape index (κ2) is 8.18. The summed E-state index contributed by atoms with van der Waals surface area (Å²) in [5.74, 6) is -0.600. The molecular formula is C15H23N3O5S. The molecule has 2 unspecified atom stereocenters. The van der Waals surface area contributed by atoms with E-state index in [-0.39, 0.29) is 36.3 Å². The molecule has 9 heteroatoms. The number of unbranched alkanes of at least 4 members (excludes halogenated alkanes) is 2. The summed E-state index contributed by atoms with van der Waals surface area (Å²) in [7, 11) is 1.77. The van der Waals surface area contributed by atoms with E-state index in [0.29, 0.717) is 16.9 Å². The predicted octanol–water partition coefficient (Wildman–Crippen LogP) is 1.13. The van der Waals surface area contributed by atoms with Crippen LogP contribution in [0.25, 0.3) is 0 Å². The standard InChI is InChI=1S/C15H23N3O5S/c1-17-11(10(9-24)16-15(17)22)5-3-2-4-6-14(21)23-18-12(19)7-8-13(18)20/h7-8,10-11,19-20,24H,2-6,9H2,1H3,(H,16,22). The molecule has 3 N–H and O–H groups in total. The van der Waals surface area contributed by atoms with Crippen molar-refractivity contribution in [1.29, 1.82) is 0 Å². The van der Waals surface area contributed by atoms with Gasteiger partial charge in [0.1, 0.15) is 0 Å². The number of aromatic hydroxyl groups is 2. The van der Waals surface area contributed by atoms with E-state index in [1.807, 2.05) is 0 Å². The van der Waals surface area contributed by atoms with Gasteiger partial charge in [0.05, 0.1) is 12.1 Å². The number of urea groups is 1. The third-order valence-corrected chi connectivity index (χ3v) is 4.55. The average Bonchev–Trinajstić information content (AvgIpc) is 3.01. The van der Waals surface area contributed by atoms with Crippen molar-refractivity contribution in [3.05, 3.63) is 12.1 Å². The van der Waals surface area contributed by atoms with E-state index in [2.05, 4.69) is 17.9 Å². The summed E-state index contributed by atoms with van der Waals surface area (Å²) in [6, 6.07) is 2.56.